The topological polar surface area (TPSA) is 81.6 Å². The first kappa shape index (κ1) is 15.3. The number of hydrogen-bond donors (Lipinski definition) is 2. The van der Waals surface area contributed by atoms with Crippen molar-refractivity contribution in [2.75, 3.05) is 5.84 Å². The summed E-state index contributed by atoms with van der Waals surface area (Å²) in [5, 5.41) is 7.73. The number of nitrogens with zero attached hydrogens (tertiary/aromatic N) is 3. The number of aromatic amines is 1. The second-order valence-electron chi connectivity index (χ2n) is 5.68. The molecule has 0 amide bonds. The van der Waals surface area contributed by atoms with Crippen LogP contribution in [0, 0.1) is 4.77 Å². The molecule has 2 aromatic heterocycles. The number of nitrogens with two attached hydrogens (primary N) is 1. The van der Waals surface area contributed by atoms with Crippen molar-refractivity contribution in [1.82, 2.24) is 19.4 Å². The van der Waals surface area contributed by atoms with Crippen LogP contribution >= 0.6 is 12.2 Å². The third-order valence-corrected chi connectivity index (χ3v) is 4.47. The van der Waals surface area contributed by atoms with Crippen molar-refractivity contribution in [1.29, 1.82) is 0 Å². The summed E-state index contributed by atoms with van der Waals surface area (Å²) in [5.41, 5.74) is 2.61. The highest BCUT2D eigenvalue weighted by atomic mass is 32.1. The first-order valence-corrected chi connectivity index (χ1v) is 8.15. The molecule has 4 aromatic rings. The number of para-hydroxylation sites is 1. The van der Waals surface area contributed by atoms with Gasteiger partial charge in [0.25, 0.3) is 5.56 Å². The lowest BCUT2D eigenvalue weighted by Gasteiger charge is -2.13. The molecule has 0 aliphatic rings. The maximum atomic E-state index is 12.8. The molecule has 0 unspecified atom stereocenters. The summed E-state index contributed by atoms with van der Waals surface area (Å²) in [5.74, 6) is 6.36. The van der Waals surface area contributed by atoms with Crippen molar-refractivity contribution in [2.45, 2.75) is 6.54 Å². The van der Waals surface area contributed by atoms with Gasteiger partial charge in [-0.3, -0.25) is 9.89 Å². The van der Waals surface area contributed by atoms with E-state index in [1.165, 1.54) is 4.68 Å². The minimum Gasteiger partial charge on any atom is -0.335 e. The Bertz CT molecular complexity index is 1170. The Morgan fingerprint density at radius 1 is 1.08 bits per heavy atom. The maximum absolute atomic E-state index is 12.8. The lowest BCUT2D eigenvalue weighted by molar-refractivity contribution is 0.712. The first-order valence-electron chi connectivity index (χ1n) is 7.74. The predicted molar refractivity (Wildman–Crippen MR) is 100 cm³/mol. The van der Waals surface area contributed by atoms with Crippen molar-refractivity contribution in [3.8, 4) is 11.1 Å². The van der Waals surface area contributed by atoms with E-state index in [2.05, 4.69) is 10.2 Å². The van der Waals surface area contributed by atoms with E-state index in [4.69, 9.17) is 18.1 Å². The fourth-order valence-electron chi connectivity index (χ4n) is 2.94. The van der Waals surface area contributed by atoms with Gasteiger partial charge in [0, 0.05) is 11.5 Å². The van der Waals surface area contributed by atoms with Crippen LogP contribution in [0.5, 0.6) is 0 Å². The van der Waals surface area contributed by atoms with E-state index in [0.717, 1.165) is 22.0 Å². The molecule has 25 heavy (non-hydrogen) atoms. The van der Waals surface area contributed by atoms with Crippen LogP contribution in [-0.4, -0.2) is 19.4 Å². The van der Waals surface area contributed by atoms with E-state index in [9.17, 15) is 4.79 Å². The van der Waals surface area contributed by atoms with Crippen LogP contribution < -0.4 is 11.4 Å². The number of hydrogen-bond acceptors (Lipinski definition) is 4. The average molecular weight is 349 g/mol. The van der Waals surface area contributed by atoms with Crippen LogP contribution in [0.4, 0.5) is 0 Å². The zero-order valence-electron chi connectivity index (χ0n) is 13.2. The van der Waals surface area contributed by atoms with Gasteiger partial charge in [0.15, 0.2) is 5.82 Å². The number of nitrogen functional groups attached to an aromatic ring is 1. The number of fused-ring (bicyclic) bond motifs is 1. The van der Waals surface area contributed by atoms with Crippen LogP contribution in [-0.2, 0) is 6.54 Å². The van der Waals surface area contributed by atoms with E-state index in [-0.39, 0.29) is 12.1 Å². The van der Waals surface area contributed by atoms with Crippen LogP contribution in [0.2, 0.25) is 0 Å². The molecular formula is C18H15N5OS. The highest BCUT2D eigenvalue weighted by molar-refractivity contribution is 7.71. The molecule has 0 bridgehead atoms. The molecule has 0 spiro atoms. The van der Waals surface area contributed by atoms with Gasteiger partial charge in [-0.1, -0.05) is 48.5 Å². The quantitative estimate of drug-likeness (QED) is 0.440. The van der Waals surface area contributed by atoms with E-state index in [0.29, 0.717) is 10.6 Å². The Kier molecular flexibility index (Phi) is 3.70. The van der Waals surface area contributed by atoms with Crippen LogP contribution in [0.25, 0.3) is 22.0 Å². The highest BCUT2D eigenvalue weighted by Crippen LogP contribution is 2.27. The third kappa shape index (κ3) is 2.64. The van der Waals surface area contributed by atoms with Gasteiger partial charge in [0.2, 0.25) is 4.77 Å². The fourth-order valence-corrected chi connectivity index (χ4v) is 3.10. The number of benzene rings is 2. The maximum Gasteiger partial charge on any atom is 0.252 e. The largest absolute Gasteiger partial charge is 0.335 e. The van der Waals surface area contributed by atoms with Crippen LogP contribution in [0.15, 0.2) is 65.5 Å². The number of pyridine rings is 1. The molecule has 2 aromatic carbocycles. The standard InChI is InChI=1S/C18H15N5OS/c19-23-16(20-21-18(23)25)11-22-15-9-5-4-8-13(15)14(10-17(22)24)12-6-2-1-3-7-12/h1-10H,11,19H2,(H,21,25). The highest BCUT2D eigenvalue weighted by Gasteiger charge is 2.12. The van der Waals surface area contributed by atoms with E-state index >= 15 is 0 Å². The summed E-state index contributed by atoms with van der Waals surface area (Å²) in [6.07, 6.45) is 0. The fraction of sp³-hybridized carbons (Fsp3) is 0.0556. The Balaban J connectivity index is 1.95. The van der Waals surface area contributed by atoms with Crippen molar-refractivity contribution in [2.24, 2.45) is 0 Å². The molecule has 124 valence electrons. The molecule has 7 heteroatoms. The van der Waals surface area contributed by atoms with Crippen molar-refractivity contribution < 1.29 is 0 Å². The van der Waals surface area contributed by atoms with Gasteiger partial charge in [-0.25, -0.2) is 4.68 Å². The lowest BCUT2D eigenvalue weighted by atomic mass is 10.0. The number of nitrogens with one attached hydrogen (secondary N) is 1. The monoisotopic (exact) mass is 349 g/mol. The molecule has 0 atom stereocenters. The second-order valence-corrected chi connectivity index (χ2v) is 6.07. The summed E-state index contributed by atoms with van der Waals surface area (Å²) < 4.78 is 3.24. The predicted octanol–water partition coefficient (Wildman–Crippen LogP) is 2.68. The average Bonchev–Trinajstić information content (AvgIpc) is 2.96. The summed E-state index contributed by atoms with van der Waals surface area (Å²) in [7, 11) is 0. The van der Waals surface area contributed by atoms with Gasteiger partial charge in [0.05, 0.1) is 12.1 Å². The molecule has 0 aliphatic heterocycles. The number of rotatable bonds is 3. The molecule has 0 saturated heterocycles. The molecule has 0 aliphatic carbocycles. The number of aromatic nitrogens is 4. The minimum absolute atomic E-state index is 0.119. The Morgan fingerprint density at radius 3 is 2.52 bits per heavy atom. The molecule has 2 heterocycles. The van der Waals surface area contributed by atoms with Crippen molar-refractivity contribution in [3.05, 3.63) is 81.6 Å². The van der Waals surface area contributed by atoms with Crippen LogP contribution in [0.3, 0.4) is 0 Å². The molecule has 0 radical (unpaired) electrons. The zero-order chi connectivity index (χ0) is 17.4. The van der Waals surface area contributed by atoms with E-state index in [1.54, 1.807) is 10.6 Å². The van der Waals surface area contributed by atoms with Gasteiger partial charge >= 0.3 is 0 Å². The third-order valence-electron chi connectivity index (χ3n) is 4.18. The summed E-state index contributed by atoms with van der Waals surface area (Å²) in [4.78, 5) is 12.8. The normalized spacial score (nSPS) is 11.0. The van der Waals surface area contributed by atoms with Gasteiger partial charge < -0.3 is 10.4 Å². The van der Waals surface area contributed by atoms with Crippen molar-refractivity contribution in [3.63, 3.8) is 0 Å². The minimum atomic E-state index is -0.119. The summed E-state index contributed by atoms with van der Waals surface area (Å²) >= 11 is 5.04. The van der Waals surface area contributed by atoms with Gasteiger partial charge in [-0.2, -0.15) is 5.10 Å². The molecule has 0 fully saturated rings. The van der Waals surface area contributed by atoms with E-state index < -0.39 is 0 Å². The molecule has 3 N–H and O–H groups in total. The van der Waals surface area contributed by atoms with Crippen LogP contribution in [0.1, 0.15) is 5.82 Å². The second kappa shape index (κ2) is 6.03. The van der Waals surface area contributed by atoms with Crippen molar-refractivity contribution >= 4 is 23.1 Å². The van der Waals surface area contributed by atoms with Gasteiger partial charge in [-0.05, 0) is 29.4 Å². The summed E-state index contributed by atoms with van der Waals surface area (Å²) in [6, 6.07) is 19.3. The Labute approximate surface area is 148 Å². The lowest BCUT2D eigenvalue weighted by Crippen LogP contribution is -2.24. The zero-order valence-corrected chi connectivity index (χ0v) is 14.0. The molecule has 4 rings (SSSR count). The van der Waals surface area contributed by atoms with Gasteiger partial charge in [0.1, 0.15) is 0 Å². The molecule has 0 saturated carbocycles. The first-order chi connectivity index (χ1) is 12.1. The summed E-state index contributed by atoms with van der Waals surface area (Å²) in [6.45, 7) is 0.234. The SMILES string of the molecule is Nn1c(Cn2c(=O)cc(-c3ccccc3)c3ccccc32)n[nH]c1=S. The smallest absolute Gasteiger partial charge is 0.252 e. The van der Waals surface area contributed by atoms with E-state index in [1.807, 2.05) is 54.6 Å². The Morgan fingerprint density at radius 2 is 1.80 bits per heavy atom. The number of H-pyrrole nitrogens is 1. The van der Waals surface area contributed by atoms with Gasteiger partial charge in [-0.15, -0.1) is 0 Å². The Hall–Kier alpha value is -3.19. The molecular weight excluding hydrogens is 334 g/mol. The molecule has 6 nitrogen and oxygen atoms in total.